The van der Waals surface area contributed by atoms with Crippen LogP contribution in [0.25, 0.3) is 11.0 Å². The normalized spacial score (nSPS) is 11.3. The van der Waals surface area contributed by atoms with Crippen LogP contribution in [0.15, 0.2) is 53.7 Å². The summed E-state index contributed by atoms with van der Waals surface area (Å²) in [7, 11) is -3.00. The first-order chi connectivity index (χ1) is 11.9. The van der Waals surface area contributed by atoms with E-state index in [-0.39, 0.29) is 21.7 Å². The van der Waals surface area contributed by atoms with E-state index in [9.17, 15) is 17.6 Å². The van der Waals surface area contributed by atoms with Crippen molar-refractivity contribution in [1.29, 1.82) is 0 Å². The number of fused-ring (bicyclic) bond motifs is 1. The van der Waals surface area contributed by atoms with Gasteiger partial charge in [-0.3, -0.25) is 14.7 Å². The predicted molar refractivity (Wildman–Crippen MR) is 88.1 cm³/mol. The van der Waals surface area contributed by atoms with Crippen molar-refractivity contribution in [1.82, 2.24) is 9.97 Å². The van der Waals surface area contributed by atoms with Crippen LogP contribution in [0.4, 0.5) is 10.1 Å². The second-order valence-corrected chi connectivity index (χ2v) is 6.62. The molecular weight excluding hydrogens is 349 g/mol. The van der Waals surface area contributed by atoms with Gasteiger partial charge in [-0.1, -0.05) is 6.07 Å². The van der Waals surface area contributed by atoms with Crippen LogP contribution in [-0.4, -0.2) is 31.5 Å². The minimum absolute atomic E-state index is 0.112. The van der Waals surface area contributed by atoms with Gasteiger partial charge >= 0.3 is 5.97 Å². The van der Waals surface area contributed by atoms with Crippen LogP contribution in [-0.2, 0) is 14.8 Å². The van der Waals surface area contributed by atoms with E-state index in [0.717, 1.165) is 25.3 Å². The van der Waals surface area contributed by atoms with Gasteiger partial charge in [0.05, 0.1) is 23.9 Å². The van der Waals surface area contributed by atoms with Crippen molar-refractivity contribution >= 4 is 32.7 Å². The van der Waals surface area contributed by atoms with Gasteiger partial charge in [-0.05, 0) is 30.3 Å². The van der Waals surface area contributed by atoms with Crippen LogP contribution in [0.2, 0.25) is 0 Å². The predicted octanol–water partition coefficient (Wildman–Crippen LogP) is 2.36. The van der Waals surface area contributed by atoms with E-state index in [2.05, 4.69) is 19.4 Å². The number of halogens is 1. The number of anilines is 1. The molecule has 1 N–H and O–H groups in total. The van der Waals surface area contributed by atoms with Crippen LogP contribution in [0, 0.1) is 5.82 Å². The van der Waals surface area contributed by atoms with Gasteiger partial charge in [0.1, 0.15) is 16.2 Å². The number of aromatic nitrogens is 2. The molecule has 0 aliphatic heterocycles. The fourth-order valence-corrected chi connectivity index (χ4v) is 3.51. The van der Waals surface area contributed by atoms with Gasteiger partial charge in [0.2, 0.25) is 0 Å². The van der Waals surface area contributed by atoms with E-state index >= 15 is 0 Å². The van der Waals surface area contributed by atoms with Gasteiger partial charge in [-0.15, -0.1) is 0 Å². The number of benzene rings is 2. The Hall–Kier alpha value is -3.07. The Morgan fingerprint density at radius 2 is 1.92 bits per heavy atom. The zero-order chi connectivity index (χ0) is 18.0. The third-order valence-electron chi connectivity index (χ3n) is 3.38. The quantitative estimate of drug-likeness (QED) is 0.716. The summed E-state index contributed by atoms with van der Waals surface area (Å²) >= 11 is 0. The molecule has 1 heterocycles. The summed E-state index contributed by atoms with van der Waals surface area (Å²) in [6, 6.07) is 7.55. The molecule has 25 heavy (non-hydrogen) atoms. The average Bonchev–Trinajstić information content (AvgIpc) is 2.60. The summed E-state index contributed by atoms with van der Waals surface area (Å²) in [4.78, 5) is 19.7. The Morgan fingerprint density at radius 3 is 2.68 bits per heavy atom. The Bertz CT molecular complexity index is 1060. The number of para-hydroxylation sites is 1. The van der Waals surface area contributed by atoms with E-state index in [1.807, 2.05) is 0 Å². The number of rotatable bonds is 4. The highest BCUT2D eigenvalue weighted by Gasteiger charge is 2.22. The fourth-order valence-electron chi connectivity index (χ4n) is 2.27. The van der Waals surface area contributed by atoms with Gasteiger partial charge in [0.15, 0.2) is 0 Å². The van der Waals surface area contributed by atoms with Crippen LogP contribution >= 0.6 is 0 Å². The second kappa shape index (κ2) is 6.44. The molecule has 3 aromatic rings. The molecular formula is C16H12FN3O4S. The summed E-state index contributed by atoms with van der Waals surface area (Å²) in [6.45, 7) is 0. The van der Waals surface area contributed by atoms with Gasteiger partial charge in [0.25, 0.3) is 10.0 Å². The molecule has 0 aliphatic carbocycles. The van der Waals surface area contributed by atoms with Crippen molar-refractivity contribution in [3.8, 4) is 0 Å². The maximum absolute atomic E-state index is 13.5. The lowest BCUT2D eigenvalue weighted by atomic mass is 10.2. The summed E-state index contributed by atoms with van der Waals surface area (Å²) in [5, 5.41) is 0. The van der Waals surface area contributed by atoms with Crippen molar-refractivity contribution in [3.63, 3.8) is 0 Å². The van der Waals surface area contributed by atoms with E-state index in [1.165, 1.54) is 24.5 Å². The van der Waals surface area contributed by atoms with Crippen LogP contribution in [0.5, 0.6) is 0 Å². The van der Waals surface area contributed by atoms with Crippen molar-refractivity contribution in [3.05, 3.63) is 60.2 Å². The molecule has 1 aromatic heterocycles. The topological polar surface area (TPSA) is 98.2 Å². The molecule has 0 bridgehead atoms. The lowest BCUT2D eigenvalue weighted by Gasteiger charge is -2.12. The van der Waals surface area contributed by atoms with Gasteiger partial charge in [-0.2, -0.15) is 0 Å². The number of methoxy groups -OCH3 is 1. The molecule has 0 spiro atoms. The number of carbonyl (C=O) groups excluding carboxylic acids is 1. The first-order valence-corrected chi connectivity index (χ1v) is 8.51. The highest BCUT2D eigenvalue weighted by atomic mass is 32.2. The Kier molecular flexibility index (Phi) is 4.32. The molecule has 0 atom stereocenters. The molecule has 128 valence electrons. The molecule has 0 unspecified atom stereocenters. The smallest absolute Gasteiger partial charge is 0.339 e. The summed E-state index contributed by atoms with van der Waals surface area (Å²) < 4.78 is 45.8. The number of nitrogens with one attached hydrogen (secondary N) is 1. The van der Waals surface area contributed by atoms with E-state index in [4.69, 9.17) is 0 Å². The Labute approximate surface area is 142 Å². The van der Waals surface area contributed by atoms with Crippen LogP contribution in [0.3, 0.4) is 0 Å². The maximum atomic E-state index is 13.5. The highest BCUT2D eigenvalue weighted by molar-refractivity contribution is 7.93. The molecule has 2 aromatic carbocycles. The minimum atomic E-state index is -4.15. The third-order valence-corrected chi connectivity index (χ3v) is 4.78. The largest absolute Gasteiger partial charge is 0.465 e. The van der Waals surface area contributed by atoms with Crippen molar-refractivity contribution in [2.45, 2.75) is 4.90 Å². The number of esters is 1. The second-order valence-electron chi connectivity index (χ2n) is 4.97. The van der Waals surface area contributed by atoms with E-state index in [1.54, 1.807) is 6.07 Å². The number of ether oxygens (including phenoxy) is 1. The number of nitrogens with zero attached hydrogens (tertiary/aromatic N) is 2. The number of carbonyl (C=O) groups is 1. The van der Waals surface area contributed by atoms with Gasteiger partial charge in [0, 0.05) is 12.4 Å². The average molecular weight is 361 g/mol. The molecule has 0 saturated heterocycles. The lowest BCUT2D eigenvalue weighted by Crippen LogP contribution is -2.17. The zero-order valence-electron chi connectivity index (χ0n) is 12.9. The minimum Gasteiger partial charge on any atom is -0.465 e. The molecule has 0 amide bonds. The molecule has 0 saturated carbocycles. The Morgan fingerprint density at radius 1 is 1.16 bits per heavy atom. The summed E-state index contributed by atoms with van der Waals surface area (Å²) in [5.41, 5.74) is 0.206. The molecule has 0 radical (unpaired) electrons. The number of hydrogen-bond donors (Lipinski definition) is 1. The molecule has 7 nitrogen and oxygen atoms in total. The van der Waals surface area contributed by atoms with Gasteiger partial charge < -0.3 is 4.74 Å². The SMILES string of the molecule is COC(=O)c1ccc(F)cc1NS(=O)(=O)c1cccc2nccnc12. The highest BCUT2D eigenvalue weighted by Crippen LogP contribution is 2.25. The fraction of sp³-hybridized carbons (Fsp3) is 0.0625. The van der Waals surface area contributed by atoms with Crippen molar-refractivity contribution in [2.24, 2.45) is 0 Å². The number of sulfonamides is 1. The molecule has 3 rings (SSSR count). The maximum Gasteiger partial charge on any atom is 0.339 e. The monoisotopic (exact) mass is 361 g/mol. The first kappa shape index (κ1) is 16.8. The van der Waals surface area contributed by atoms with Crippen molar-refractivity contribution in [2.75, 3.05) is 11.8 Å². The standard InChI is InChI=1S/C16H12FN3O4S/c1-24-16(21)11-6-5-10(17)9-13(11)20-25(22,23)14-4-2-3-12-15(14)19-8-7-18-12/h2-9,20H,1H3. The summed E-state index contributed by atoms with van der Waals surface area (Å²) in [5.74, 6) is -1.50. The first-order valence-electron chi connectivity index (χ1n) is 7.03. The van der Waals surface area contributed by atoms with Gasteiger partial charge in [-0.25, -0.2) is 17.6 Å². The summed E-state index contributed by atoms with van der Waals surface area (Å²) in [6.07, 6.45) is 2.80. The molecule has 9 heteroatoms. The zero-order valence-corrected chi connectivity index (χ0v) is 13.7. The third kappa shape index (κ3) is 3.26. The van der Waals surface area contributed by atoms with E-state index < -0.39 is 21.8 Å². The molecule has 0 fully saturated rings. The lowest BCUT2D eigenvalue weighted by molar-refractivity contribution is 0.0602. The van der Waals surface area contributed by atoms with E-state index in [0.29, 0.717) is 5.52 Å². The van der Waals surface area contributed by atoms with Crippen LogP contribution < -0.4 is 4.72 Å². The molecule has 0 aliphatic rings. The number of hydrogen-bond acceptors (Lipinski definition) is 6. The Balaban J connectivity index is 2.11. The van der Waals surface area contributed by atoms with Crippen molar-refractivity contribution < 1.29 is 22.3 Å². The van der Waals surface area contributed by atoms with Crippen LogP contribution in [0.1, 0.15) is 10.4 Å².